The van der Waals surface area contributed by atoms with Crippen LogP contribution in [0.5, 0.6) is 0 Å². The lowest BCUT2D eigenvalue weighted by atomic mass is 10.0. The summed E-state index contributed by atoms with van der Waals surface area (Å²) in [6, 6.07) is 5.73. The molecule has 2 heterocycles. The van der Waals surface area contributed by atoms with E-state index in [1.807, 2.05) is 25.2 Å². The molecule has 1 aliphatic rings. The lowest BCUT2D eigenvalue weighted by molar-refractivity contribution is -0.124. The SMILES string of the molecule is CNc1cccc(CN2CCCCC2C(N)=O)n1. The normalized spacial score (nSPS) is 20.6. The van der Waals surface area contributed by atoms with E-state index in [4.69, 9.17) is 5.73 Å². The molecule has 1 atom stereocenters. The van der Waals surface area contributed by atoms with Gasteiger partial charge in [-0.15, -0.1) is 0 Å². The Morgan fingerprint density at radius 2 is 2.39 bits per heavy atom. The second-order valence-corrected chi connectivity index (χ2v) is 4.65. The largest absolute Gasteiger partial charge is 0.373 e. The van der Waals surface area contributed by atoms with Crippen LogP contribution in [0, 0.1) is 0 Å². The molecule has 18 heavy (non-hydrogen) atoms. The Kier molecular flexibility index (Phi) is 4.15. The van der Waals surface area contributed by atoms with E-state index in [-0.39, 0.29) is 11.9 Å². The van der Waals surface area contributed by atoms with Gasteiger partial charge in [-0.3, -0.25) is 9.69 Å². The van der Waals surface area contributed by atoms with Gasteiger partial charge in [0.05, 0.1) is 11.7 Å². The van der Waals surface area contributed by atoms with Crippen molar-refractivity contribution in [3.8, 4) is 0 Å². The molecule has 0 spiro atoms. The summed E-state index contributed by atoms with van der Waals surface area (Å²) in [5.74, 6) is 0.625. The monoisotopic (exact) mass is 248 g/mol. The molecular weight excluding hydrogens is 228 g/mol. The Hall–Kier alpha value is -1.62. The number of hydrogen-bond donors (Lipinski definition) is 2. The Bertz CT molecular complexity index is 421. The molecule has 1 aromatic heterocycles. The summed E-state index contributed by atoms with van der Waals surface area (Å²) in [7, 11) is 1.85. The third-order valence-corrected chi connectivity index (χ3v) is 3.37. The molecule has 1 amide bonds. The molecule has 1 unspecified atom stereocenters. The van der Waals surface area contributed by atoms with Crippen molar-refractivity contribution in [1.82, 2.24) is 9.88 Å². The highest BCUT2D eigenvalue weighted by Gasteiger charge is 2.26. The standard InChI is InChI=1S/C13H20N4O/c1-15-12-7-4-5-10(16-12)9-17-8-3-2-6-11(17)13(14)18/h4-5,7,11H,2-3,6,8-9H2,1H3,(H2,14,18)(H,15,16). The number of anilines is 1. The predicted molar refractivity (Wildman–Crippen MR) is 71.0 cm³/mol. The minimum absolute atomic E-state index is 0.140. The van der Waals surface area contributed by atoms with Gasteiger partial charge in [0.1, 0.15) is 5.82 Å². The van der Waals surface area contributed by atoms with Crippen LogP contribution in [0.3, 0.4) is 0 Å². The summed E-state index contributed by atoms with van der Waals surface area (Å²) in [5.41, 5.74) is 6.42. The Morgan fingerprint density at radius 3 is 3.11 bits per heavy atom. The van der Waals surface area contributed by atoms with Crippen LogP contribution in [0.1, 0.15) is 25.0 Å². The van der Waals surface area contributed by atoms with Gasteiger partial charge in [0, 0.05) is 13.6 Å². The van der Waals surface area contributed by atoms with Gasteiger partial charge in [-0.1, -0.05) is 12.5 Å². The first-order valence-corrected chi connectivity index (χ1v) is 6.38. The van der Waals surface area contributed by atoms with Crippen LogP contribution in [0.25, 0.3) is 0 Å². The summed E-state index contributed by atoms with van der Waals surface area (Å²) < 4.78 is 0. The first kappa shape index (κ1) is 12.8. The minimum Gasteiger partial charge on any atom is -0.373 e. The first-order valence-electron chi connectivity index (χ1n) is 6.38. The Morgan fingerprint density at radius 1 is 1.56 bits per heavy atom. The van der Waals surface area contributed by atoms with Crippen LogP contribution in [0.4, 0.5) is 5.82 Å². The Labute approximate surface area is 107 Å². The molecule has 0 bridgehead atoms. The molecule has 1 fully saturated rings. The van der Waals surface area contributed by atoms with Gasteiger partial charge in [-0.05, 0) is 31.5 Å². The van der Waals surface area contributed by atoms with Crippen molar-refractivity contribution in [3.05, 3.63) is 23.9 Å². The van der Waals surface area contributed by atoms with Crippen molar-refractivity contribution in [2.75, 3.05) is 18.9 Å². The maximum atomic E-state index is 11.4. The molecule has 0 radical (unpaired) electrons. The second kappa shape index (κ2) is 5.82. The van der Waals surface area contributed by atoms with Gasteiger partial charge < -0.3 is 11.1 Å². The van der Waals surface area contributed by atoms with Crippen molar-refractivity contribution in [1.29, 1.82) is 0 Å². The van der Waals surface area contributed by atoms with Crippen LogP contribution in [-0.2, 0) is 11.3 Å². The van der Waals surface area contributed by atoms with E-state index in [0.29, 0.717) is 6.54 Å². The number of rotatable bonds is 4. The second-order valence-electron chi connectivity index (χ2n) is 4.65. The van der Waals surface area contributed by atoms with Gasteiger partial charge in [0.25, 0.3) is 0 Å². The summed E-state index contributed by atoms with van der Waals surface area (Å²) in [6.45, 7) is 1.60. The molecular formula is C13H20N4O. The van der Waals surface area contributed by atoms with E-state index in [1.54, 1.807) is 0 Å². The maximum Gasteiger partial charge on any atom is 0.234 e. The quantitative estimate of drug-likeness (QED) is 0.832. The molecule has 3 N–H and O–H groups in total. The first-order chi connectivity index (χ1) is 8.70. The number of nitrogens with one attached hydrogen (secondary N) is 1. The number of primary amides is 1. The summed E-state index contributed by atoms with van der Waals surface area (Å²) in [4.78, 5) is 18.0. The van der Waals surface area contributed by atoms with Gasteiger partial charge in [0.15, 0.2) is 0 Å². The van der Waals surface area contributed by atoms with E-state index in [0.717, 1.165) is 37.3 Å². The third kappa shape index (κ3) is 2.98. The van der Waals surface area contributed by atoms with Crippen molar-refractivity contribution in [2.24, 2.45) is 5.73 Å². The zero-order valence-corrected chi connectivity index (χ0v) is 10.7. The molecule has 1 aliphatic heterocycles. The lowest BCUT2D eigenvalue weighted by Gasteiger charge is -2.33. The molecule has 2 rings (SSSR count). The number of hydrogen-bond acceptors (Lipinski definition) is 4. The van der Waals surface area contributed by atoms with E-state index >= 15 is 0 Å². The van der Waals surface area contributed by atoms with Crippen molar-refractivity contribution in [2.45, 2.75) is 31.8 Å². The fourth-order valence-corrected chi connectivity index (χ4v) is 2.42. The van der Waals surface area contributed by atoms with Crippen molar-refractivity contribution >= 4 is 11.7 Å². The average molecular weight is 248 g/mol. The maximum absolute atomic E-state index is 11.4. The average Bonchev–Trinajstić information content (AvgIpc) is 2.39. The molecule has 0 aliphatic carbocycles. The minimum atomic E-state index is -0.223. The van der Waals surface area contributed by atoms with Crippen molar-refractivity contribution in [3.63, 3.8) is 0 Å². The number of pyridine rings is 1. The number of likely N-dealkylation sites (tertiary alicyclic amines) is 1. The number of aromatic nitrogens is 1. The fraction of sp³-hybridized carbons (Fsp3) is 0.538. The third-order valence-electron chi connectivity index (χ3n) is 3.37. The molecule has 0 saturated carbocycles. The van der Waals surface area contributed by atoms with Crippen LogP contribution < -0.4 is 11.1 Å². The van der Waals surface area contributed by atoms with Crippen LogP contribution in [0.2, 0.25) is 0 Å². The van der Waals surface area contributed by atoms with E-state index in [9.17, 15) is 4.79 Å². The Balaban J connectivity index is 2.08. The molecule has 0 aromatic carbocycles. The van der Waals surface area contributed by atoms with Gasteiger partial charge in [-0.2, -0.15) is 0 Å². The smallest absolute Gasteiger partial charge is 0.234 e. The highest BCUT2D eigenvalue weighted by atomic mass is 16.1. The van der Waals surface area contributed by atoms with Gasteiger partial charge in [-0.25, -0.2) is 4.98 Å². The highest BCUT2D eigenvalue weighted by Crippen LogP contribution is 2.19. The number of nitrogens with zero attached hydrogens (tertiary/aromatic N) is 2. The van der Waals surface area contributed by atoms with Crippen LogP contribution >= 0.6 is 0 Å². The zero-order chi connectivity index (χ0) is 13.0. The number of piperidine rings is 1. The van der Waals surface area contributed by atoms with Gasteiger partial charge >= 0.3 is 0 Å². The highest BCUT2D eigenvalue weighted by molar-refractivity contribution is 5.79. The number of carbonyl (C=O) groups excluding carboxylic acids is 1. The van der Waals surface area contributed by atoms with Crippen molar-refractivity contribution < 1.29 is 4.79 Å². The molecule has 1 saturated heterocycles. The van der Waals surface area contributed by atoms with E-state index in [2.05, 4.69) is 15.2 Å². The summed E-state index contributed by atoms with van der Waals surface area (Å²) in [6.07, 6.45) is 3.06. The summed E-state index contributed by atoms with van der Waals surface area (Å²) in [5, 5.41) is 3.02. The van der Waals surface area contributed by atoms with E-state index < -0.39 is 0 Å². The molecule has 5 nitrogen and oxygen atoms in total. The predicted octanol–water partition coefficient (Wildman–Crippen LogP) is 0.963. The zero-order valence-electron chi connectivity index (χ0n) is 10.7. The lowest BCUT2D eigenvalue weighted by Crippen LogP contribution is -2.47. The number of carbonyl (C=O) groups is 1. The molecule has 5 heteroatoms. The number of amides is 1. The summed E-state index contributed by atoms with van der Waals surface area (Å²) >= 11 is 0. The molecule has 98 valence electrons. The van der Waals surface area contributed by atoms with Gasteiger partial charge in [0.2, 0.25) is 5.91 Å². The van der Waals surface area contributed by atoms with E-state index in [1.165, 1.54) is 0 Å². The fourth-order valence-electron chi connectivity index (χ4n) is 2.42. The number of nitrogens with two attached hydrogens (primary N) is 1. The van der Waals surface area contributed by atoms with Crippen LogP contribution in [-0.4, -0.2) is 35.4 Å². The molecule has 1 aromatic rings. The van der Waals surface area contributed by atoms with Crippen LogP contribution in [0.15, 0.2) is 18.2 Å². The topological polar surface area (TPSA) is 71.2 Å².